The normalized spacial score (nSPS) is 23.7. The van der Waals surface area contributed by atoms with Gasteiger partial charge in [0.25, 0.3) is 0 Å². The van der Waals surface area contributed by atoms with Crippen LogP contribution in [-0.2, 0) is 11.3 Å². The second-order valence-electron chi connectivity index (χ2n) is 9.44. The minimum Gasteiger partial charge on any atom is -0.377 e. The molecule has 3 rings (SSSR count). The molecule has 2 fully saturated rings. The molecule has 0 spiro atoms. The number of piperidine rings is 1. The van der Waals surface area contributed by atoms with Crippen molar-refractivity contribution in [2.45, 2.75) is 65.5 Å². The van der Waals surface area contributed by atoms with E-state index in [9.17, 15) is 0 Å². The topological polar surface area (TPSA) is 61.8 Å². The van der Waals surface area contributed by atoms with Crippen LogP contribution in [0.5, 0.6) is 0 Å². The van der Waals surface area contributed by atoms with Gasteiger partial charge in [-0.15, -0.1) is 0 Å². The zero-order chi connectivity index (χ0) is 20.7. The van der Waals surface area contributed by atoms with E-state index in [1.54, 1.807) is 0 Å². The molecule has 0 aromatic carbocycles. The van der Waals surface area contributed by atoms with E-state index in [1.807, 2.05) is 13.2 Å². The molecule has 0 aliphatic carbocycles. The van der Waals surface area contributed by atoms with Gasteiger partial charge in [-0.3, -0.25) is 4.99 Å². The fourth-order valence-corrected chi connectivity index (χ4v) is 4.51. The molecule has 2 N–H and O–H groups in total. The zero-order valence-electron chi connectivity index (χ0n) is 18.7. The first kappa shape index (κ1) is 21.9. The highest BCUT2D eigenvalue weighted by Gasteiger charge is 2.35. The van der Waals surface area contributed by atoms with Gasteiger partial charge in [-0.2, -0.15) is 0 Å². The Morgan fingerprint density at radius 1 is 1.21 bits per heavy atom. The Labute approximate surface area is 176 Å². The largest absolute Gasteiger partial charge is 0.377 e. The zero-order valence-corrected chi connectivity index (χ0v) is 18.7. The van der Waals surface area contributed by atoms with Crippen LogP contribution in [0.15, 0.2) is 23.3 Å². The predicted molar refractivity (Wildman–Crippen MR) is 120 cm³/mol. The molecule has 3 heterocycles. The molecule has 2 unspecified atom stereocenters. The molecule has 162 valence electrons. The van der Waals surface area contributed by atoms with Crippen LogP contribution >= 0.6 is 0 Å². The van der Waals surface area contributed by atoms with Crippen molar-refractivity contribution in [2.75, 3.05) is 38.2 Å². The highest BCUT2D eigenvalue weighted by Crippen LogP contribution is 2.33. The molecular formula is C23H39N5O. The van der Waals surface area contributed by atoms with Crippen molar-refractivity contribution in [1.29, 1.82) is 0 Å². The van der Waals surface area contributed by atoms with Gasteiger partial charge in [0, 0.05) is 51.9 Å². The van der Waals surface area contributed by atoms with Crippen molar-refractivity contribution in [3.05, 3.63) is 23.9 Å². The number of nitrogens with zero attached hydrogens (tertiary/aromatic N) is 3. The first-order valence-corrected chi connectivity index (χ1v) is 11.2. The Bertz CT molecular complexity index is 663. The molecule has 29 heavy (non-hydrogen) atoms. The maximum absolute atomic E-state index is 6.11. The van der Waals surface area contributed by atoms with Gasteiger partial charge in [0.15, 0.2) is 5.96 Å². The molecule has 0 amide bonds. The van der Waals surface area contributed by atoms with E-state index < -0.39 is 0 Å². The number of hydrogen-bond donors (Lipinski definition) is 2. The molecule has 6 heteroatoms. The van der Waals surface area contributed by atoms with Crippen LogP contribution in [0.25, 0.3) is 0 Å². The third-order valence-corrected chi connectivity index (χ3v) is 6.00. The second-order valence-corrected chi connectivity index (χ2v) is 9.44. The maximum atomic E-state index is 6.11. The number of anilines is 1. The number of rotatable bonds is 5. The fourth-order valence-electron chi connectivity index (χ4n) is 4.51. The number of nitrogens with one attached hydrogen (secondary N) is 2. The number of hydrogen-bond acceptors (Lipinski definition) is 4. The first-order valence-electron chi connectivity index (χ1n) is 11.2. The lowest BCUT2D eigenvalue weighted by Gasteiger charge is -2.40. The van der Waals surface area contributed by atoms with E-state index in [4.69, 9.17) is 4.74 Å². The summed E-state index contributed by atoms with van der Waals surface area (Å²) < 4.78 is 6.11. The van der Waals surface area contributed by atoms with E-state index in [2.05, 4.69) is 58.4 Å². The summed E-state index contributed by atoms with van der Waals surface area (Å²) in [5.41, 5.74) is 1.39. The van der Waals surface area contributed by atoms with Crippen LogP contribution in [0.1, 0.15) is 58.4 Å². The lowest BCUT2D eigenvalue weighted by Crippen LogP contribution is -2.47. The molecule has 2 aliphatic rings. The van der Waals surface area contributed by atoms with Gasteiger partial charge in [-0.05, 0) is 55.2 Å². The van der Waals surface area contributed by atoms with E-state index >= 15 is 0 Å². The van der Waals surface area contributed by atoms with Crippen LogP contribution in [-0.4, -0.2) is 50.3 Å². The lowest BCUT2D eigenvalue weighted by atomic mass is 9.78. The number of aromatic nitrogens is 1. The fraction of sp³-hybridized carbons (Fsp3) is 0.739. The molecule has 2 aliphatic heterocycles. The number of pyridine rings is 1. The average molecular weight is 402 g/mol. The molecule has 0 radical (unpaired) electrons. The lowest BCUT2D eigenvalue weighted by molar-refractivity contribution is -0.0835. The van der Waals surface area contributed by atoms with Crippen molar-refractivity contribution in [1.82, 2.24) is 15.6 Å². The van der Waals surface area contributed by atoms with Gasteiger partial charge in [-0.1, -0.05) is 20.8 Å². The van der Waals surface area contributed by atoms with Crippen LogP contribution in [0.2, 0.25) is 0 Å². The van der Waals surface area contributed by atoms with Gasteiger partial charge < -0.3 is 20.3 Å². The Morgan fingerprint density at radius 2 is 2.00 bits per heavy atom. The third kappa shape index (κ3) is 6.33. The second kappa shape index (κ2) is 10.3. The number of guanidine groups is 1. The summed E-state index contributed by atoms with van der Waals surface area (Å²) in [6.45, 7) is 11.6. The van der Waals surface area contributed by atoms with Gasteiger partial charge >= 0.3 is 0 Å². The van der Waals surface area contributed by atoms with Crippen LogP contribution in [0.4, 0.5) is 5.82 Å². The van der Waals surface area contributed by atoms with Crippen LogP contribution in [0, 0.1) is 11.3 Å². The van der Waals surface area contributed by atoms with Crippen molar-refractivity contribution in [3.8, 4) is 0 Å². The predicted octanol–water partition coefficient (Wildman–Crippen LogP) is 3.58. The van der Waals surface area contributed by atoms with Gasteiger partial charge in [0.1, 0.15) is 5.82 Å². The average Bonchev–Trinajstić information content (AvgIpc) is 2.74. The Balaban J connectivity index is 1.51. The summed E-state index contributed by atoms with van der Waals surface area (Å²) in [4.78, 5) is 11.4. The number of ether oxygens (including phenoxy) is 1. The van der Waals surface area contributed by atoms with Crippen molar-refractivity contribution in [2.24, 2.45) is 16.3 Å². The smallest absolute Gasteiger partial charge is 0.191 e. The highest BCUT2D eigenvalue weighted by molar-refractivity contribution is 5.79. The molecule has 6 nitrogen and oxygen atoms in total. The van der Waals surface area contributed by atoms with E-state index in [1.165, 1.54) is 31.2 Å². The Hall–Kier alpha value is -1.82. The summed E-state index contributed by atoms with van der Waals surface area (Å²) in [7, 11) is 1.83. The molecule has 1 aromatic heterocycles. The van der Waals surface area contributed by atoms with Gasteiger partial charge in [-0.25, -0.2) is 4.98 Å². The molecule has 0 saturated carbocycles. The first-order chi connectivity index (χ1) is 14.0. The quantitative estimate of drug-likeness (QED) is 0.583. The molecule has 0 bridgehead atoms. The van der Waals surface area contributed by atoms with E-state index in [0.29, 0.717) is 5.92 Å². The standard InChI is InChI=1S/C23H39N5O/c1-23(2,3)21-19(9-8-14-29-21)17-27-22(24-4)26-16-18-10-11-25-20(15-18)28-12-6-5-7-13-28/h10-11,15,19,21H,5-9,12-14,16-17H2,1-4H3,(H2,24,26,27). The van der Waals surface area contributed by atoms with Crippen LogP contribution < -0.4 is 15.5 Å². The minimum atomic E-state index is 0.158. The minimum absolute atomic E-state index is 0.158. The Kier molecular flexibility index (Phi) is 7.76. The monoisotopic (exact) mass is 401 g/mol. The summed E-state index contributed by atoms with van der Waals surface area (Å²) in [6, 6.07) is 4.29. The highest BCUT2D eigenvalue weighted by atomic mass is 16.5. The van der Waals surface area contributed by atoms with Crippen molar-refractivity contribution < 1.29 is 4.74 Å². The van der Waals surface area contributed by atoms with Crippen molar-refractivity contribution in [3.63, 3.8) is 0 Å². The van der Waals surface area contributed by atoms with Gasteiger partial charge in [0.2, 0.25) is 0 Å². The molecule has 1 aromatic rings. The summed E-state index contributed by atoms with van der Waals surface area (Å²) in [6.07, 6.45) is 8.42. The molecular weight excluding hydrogens is 362 g/mol. The van der Waals surface area contributed by atoms with E-state index in [-0.39, 0.29) is 11.5 Å². The summed E-state index contributed by atoms with van der Waals surface area (Å²) >= 11 is 0. The van der Waals surface area contributed by atoms with Crippen LogP contribution in [0.3, 0.4) is 0 Å². The number of aliphatic imine (C=N–C) groups is 1. The van der Waals surface area contributed by atoms with Crippen molar-refractivity contribution >= 4 is 11.8 Å². The van der Waals surface area contributed by atoms with Gasteiger partial charge in [0.05, 0.1) is 6.10 Å². The SMILES string of the molecule is CN=C(NCc1ccnc(N2CCCCC2)c1)NCC1CCCOC1C(C)(C)C. The Morgan fingerprint density at radius 3 is 2.72 bits per heavy atom. The molecule has 2 saturated heterocycles. The summed E-state index contributed by atoms with van der Waals surface area (Å²) in [5.74, 6) is 2.45. The maximum Gasteiger partial charge on any atom is 0.191 e. The summed E-state index contributed by atoms with van der Waals surface area (Å²) in [5, 5.41) is 6.98. The molecule has 2 atom stereocenters. The third-order valence-electron chi connectivity index (χ3n) is 6.00. The van der Waals surface area contributed by atoms with E-state index in [0.717, 1.165) is 51.0 Å².